The van der Waals surface area contributed by atoms with Crippen molar-refractivity contribution in [2.75, 3.05) is 18.1 Å². The maximum atomic E-state index is 13.4. The van der Waals surface area contributed by atoms with Crippen molar-refractivity contribution in [1.82, 2.24) is 4.90 Å². The summed E-state index contributed by atoms with van der Waals surface area (Å²) in [6, 6.07) is 14.0. The average molecular weight is 422 g/mol. The molecule has 1 aliphatic rings. The van der Waals surface area contributed by atoms with E-state index in [-0.39, 0.29) is 23.5 Å². The predicted molar refractivity (Wildman–Crippen MR) is 111 cm³/mol. The summed E-state index contributed by atoms with van der Waals surface area (Å²) in [5, 5.41) is 0.614. The lowest BCUT2D eigenvalue weighted by Crippen LogP contribution is -2.40. The number of carbonyl (C=O) groups excluding carboxylic acids is 1. The Kier molecular flexibility index (Phi) is 6.62. The molecule has 0 unspecified atom stereocenters. The van der Waals surface area contributed by atoms with E-state index in [2.05, 4.69) is 0 Å². The van der Waals surface area contributed by atoms with Crippen LogP contribution < -0.4 is 4.74 Å². The maximum Gasteiger partial charge on any atom is 0.258 e. The molecule has 0 aromatic heterocycles. The van der Waals surface area contributed by atoms with Crippen molar-refractivity contribution in [2.45, 2.75) is 32.4 Å². The van der Waals surface area contributed by atoms with Gasteiger partial charge in [-0.1, -0.05) is 42.8 Å². The minimum absolute atomic E-state index is 0.00961. The summed E-state index contributed by atoms with van der Waals surface area (Å²) in [7, 11) is -3.13. The van der Waals surface area contributed by atoms with Crippen LogP contribution in [0.15, 0.2) is 48.5 Å². The molecule has 1 amide bonds. The van der Waals surface area contributed by atoms with Crippen molar-refractivity contribution < 1.29 is 17.9 Å². The van der Waals surface area contributed by atoms with Gasteiger partial charge < -0.3 is 9.64 Å². The molecule has 1 atom stereocenters. The lowest BCUT2D eigenvalue weighted by atomic mass is 10.1. The smallest absolute Gasteiger partial charge is 0.258 e. The summed E-state index contributed by atoms with van der Waals surface area (Å²) in [5.74, 6) is 0.403. The van der Waals surface area contributed by atoms with E-state index in [0.29, 0.717) is 35.9 Å². The predicted octanol–water partition coefficient (Wildman–Crippen LogP) is 3.96. The Morgan fingerprint density at radius 1 is 1.18 bits per heavy atom. The highest BCUT2D eigenvalue weighted by Crippen LogP contribution is 2.26. The highest BCUT2D eigenvalue weighted by Gasteiger charge is 2.35. The van der Waals surface area contributed by atoms with Crippen molar-refractivity contribution in [1.29, 1.82) is 0 Å². The van der Waals surface area contributed by atoms with Gasteiger partial charge in [0.25, 0.3) is 5.91 Å². The fourth-order valence-electron chi connectivity index (χ4n) is 3.31. The van der Waals surface area contributed by atoms with E-state index in [4.69, 9.17) is 16.3 Å². The maximum absolute atomic E-state index is 13.4. The minimum Gasteiger partial charge on any atom is -0.493 e. The van der Waals surface area contributed by atoms with Gasteiger partial charge in [0.15, 0.2) is 9.84 Å². The average Bonchev–Trinajstić information content (AvgIpc) is 3.05. The van der Waals surface area contributed by atoms with Gasteiger partial charge in [-0.05, 0) is 42.7 Å². The molecule has 0 aliphatic carbocycles. The number of sulfone groups is 1. The second kappa shape index (κ2) is 8.97. The quantitative estimate of drug-likeness (QED) is 0.678. The Morgan fingerprint density at radius 2 is 1.89 bits per heavy atom. The fraction of sp³-hybridized carbons (Fsp3) is 0.381. The van der Waals surface area contributed by atoms with Gasteiger partial charge in [0, 0.05) is 17.6 Å². The number of hydrogen-bond donors (Lipinski definition) is 0. The molecule has 150 valence electrons. The van der Waals surface area contributed by atoms with Gasteiger partial charge in [0.1, 0.15) is 5.75 Å². The summed E-state index contributed by atoms with van der Waals surface area (Å²) in [6.45, 7) is 2.83. The normalized spacial score (nSPS) is 18.0. The van der Waals surface area contributed by atoms with Crippen LogP contribution in [0.5, 0.6) is 5.75 Å². The van der Waals surface area contributed by atoms with Gasteiger partial charge in [0.05, 0.1) is 23.7 Å². The highest BCUT2D eigenvalue weighted by atomic mass is 35.5. The number of ether oxygens (including phenoxy) is 1. The van der Waals surface area contributed by atoms with Crippen LogP contribution >= 0.6 is 11.6 Å². The van der Waals surface area contributed by atoms with Crippen LogP contribution in [0.3, 0.4) is 0 Å². The molecule has 1 heterocycles. The molecule has 5 nitrogen and oxygen atoms in total. The molecule has 2 aromatic rings. The van der Waals surface area contributed by atoms with Gasteiger partial charge in [0.2, 0.25) is 0 Å². The van der Waals surface area contributed by atoms with Gasteiger partial charge in [-0.3, -0.25) is 4.79 Å². The summed E-state index contributed by atoms with van der Waals surface area (Å²) in [4.78, 5) is 15.1. The summed E-state index contributed by atoms with van der Waals surface area (Å²) >= 11 is 5.96. The van der Waals surface area contributed by atoms with E-state index in [0.717, 1.165) is 12.0 Å². The van der Waals surface area contributed by atoms with E-state index in [1.165, 1.54) is 0 Å². The first-order valence-electron chi connectivity index (χ1n) is 9.37. The van der Waals surface area contributed by atoms with Crippen LogP contribution in [0, 0.1) is 0 Å². The van der Waals surface area contributed by atoms with E-state index in [9.17, 15) is 13.2 Å². The number of hydrogen-bond acceptors (Lipinski definition) is 4. The third-order valence-corrected chi connectivity index (χ3v) is 6.76. The lowest BCUT2D eigenvalue weighted by Gasteiger charge is -2.29. The van der Waals surface area contributed by atoms with E-state index in [1.54, 1.807) is 35.2 Å². The number of carbonyl (C=O) groups is 1. The van der Waals surface area contributed by atoms with Crippen LogP contribution in [0.4, 0.5) is 0 Å². The topological polar surface area (TPSA) is 63.7 Å². The van der Waals surface area contributed by atoms with Crippen LogP contribution in [-0.4, -0.2) is 43.4 Å². The Hall–Kier alpha value is -2.05. The minimum atomic E-state index is -3.13. The highest BCUT2D eigenvalue weighted by molar-refractivity contribution is 7.91. The largest absolute Gasteiger partial charge is 0.493 e. The van der Waals surface area contributed by atoms with Gasteiger partial charge >= 0.3 is 0 Å². The van der Waals surface area contributed by atoms with Gasteiger partial charge in [-0.25, -0.2) is 8.42 Å². The number of para-hydroxylation sites is 1. The molecule has 0 radical (unpaired) electrons. The zero-order chi connectivity index (χ0) is 20.1. The Balaban J connectivity index is 1.92. The molecule has 2 aromatic carbocycles. The molecule has 1 fully saturated rings. The molecule has 0 saturated carbocycles. The van der Waals surface area contributed by atoms with Crippen molar-refractivity contribution >= 4 is 27.3 Å². The second-order valence-electron chi connectivity index (χ2n) is 6.96. The standard InChI is InChI=1S/C21H24ClNO4S/c1-2-12-27-20-6-4-3-5-19(20)21(24)23(18-11-13-28(25,26)15-18)14-16-7-9-17(22)10-8-16/h3-10,18H,2,11-15H2,1H3/t18-/m1/s1. The SMILES string of the molecule is CCCOc1ccccc1C(=O)N(Cc1ccc(Cl)cc1)[C@@H]1CCS(=O)(=O)C1. The molecule has 0 spiro atoms. The third-order valence-electron chi connectivity index (χ3n) is 4.76. The first-order chi connectivity index (χ1) is 13.4. The van der Waals surface area contributed by atoms with E-state index >= 15 is 0 Å². The van der Waals surface area contributed by atoms with Crippen LogP contribution in [-0.2, 0) is 16.4 Å². The van der Waals surface area contributed by atoms with Gasteiger partial charge in [-0.15, -0.1) is 0 Å². The third kappa shape index (κ3) is 5.06. The first-order valence-corrected chi connectivity index (χ1v) is 11.6. The number of nitrogens with zero attached hydrogens (tertiary/aromatic N) is 1. The van der Waals surface area contributed by atoms with Crippen LogP contribution in [0.1, 0.15) is 35.7 Å². The van der Waals surface area contributed by atoms with Crippen LogP contribution in [0.2, 0.25) is 5.02 Å². The Bertz CT molecular complexity index is 928. The first kappa shape index (κ1) is 20.7. The molecule has 1 aliphatic heterocycles. The molecule has 0 N–H and O–H groups in total. The molecule has 28 heavy (non-hydrogen) atoms. The molecule has 3 rings (SSSR count). The number of amides is 1. The molecule has 1 saturated heterocycles. The number of halogens is 1. The zero-order valence-corrected chi connectivity index (χ0v) is 17.4. The van der Waals surface area contributed by atoms with Crippen molar-refractivity contribution in [3.8, 4) is 5.75 Å². The van der Waals surface area contributed by atoms with Crippen LogP contribution in [0.25, 0.3) is 0 Å². The Labute approximate surface area is 171 Å². The monoisotopic (exact) mass is 421 g/mol. The zero-order valence-electron chi connectivity index (χ0n) is 15.8. The Morgan fingerprint density at radius 3 is 2.54 bits per heavy atom. The summed E-state index contributed by atoms with van der Waals surface area (Å²) in [5.41, 5.74) is 1.35. The summed E-state index contributed by atoms with van der Waals surface area (Å²) < 4.78 is 29.8. The van der Waals surface area contributed by atoms with Crippen molar-refractivity contribution in [2.24, 2.45) is 0 Å². The number of rotatable bonds is 7. The van der Waals surface area contributed by atoms with Crippen molar-refractivity contribution in [3.63, 3.8) is 0 Å². The van der Waals surface area contributed by atoms with E-state index < -0.39 is 9.84 Å². The lowest BCUT2D eigenvalue weighted by molar-refractivity contribution is 0.0676. The second-order valence-corrected chi connectivity index (χ2v) is 9.63. The summed E-state index contributed by atoms with van der Waals surface area (Å²) in [6.07, 6.45) is 1.28. The molecular formula is C21H24ClNO4S. The van der Waals surface area contributed by atoms with Crippen molar-refractivity contribution in [3.05, 3.63) is 64.7 Å². The molecule has 0 bridgehead atoms. The van der Waals surface area contributed by atoms with E-state index in [1.807, 2.05) is 25.1 Å². The molecule has 7 heteroatoms. The van der Waals surface area contributed by atoms with Gasteiger partial charge in [-0.2, -0.15) is 0 Å². The fourth-order valence-corrected chi connectivity index (χ4v) is 5.17. The number of benzene rings is 2. The molecular weight excluding hydrogens is 398 g/mol.